The molecule has 0 unspecified atom stereocenters. The van der Waals surface area contributed by atoms with Crippen molar-refractivity contribution < 1.29 is 14.3 Å². The Labute approximate surface area is 135 Å². The van der Waals surface area contributed by atoms with E-state index >= 15 is 0 Å². The van der Waals surface area contributed by atoms with Gasteiger partial charge in [0.25, 0.3) is 0 Å². The molecular formula is C18H20N2O3. The van der Waals surface area contributed by atoms with Gasteiger partial charge in [0.05, 0.1) is 23.8 Å². The van der Waals surface area contributed by atoms with Crippen molar-refractivity contribution in [2.24, 2.45) is 0 Å². The van der Waals surface area contributed by atoms with Gasteiger partial charge in [0.15, 0.2) is 5.78 Å². The second-order valence-electron chi connectivity index (χ2n) is 5.74. The standard InChI is InChI=1S/C18H20N2O3/c1-3-23-18(22)15-11(2)20-13-8-6-9-14(21)16(13)17(15)12-7-4-5-10-19-12/h4-5,7,10,17,20H,3,6,8-9H2,1-2H3/t17-/m1/s1. The van der Waals surface area contributed by atoms with E-state index in [-0.39, 0.29) is 5.78 Å². The van der Waals surface area contributed by atoms with Gasteiger partial charge in [-0.05, 0) is 38.8 Å². The summed E-state index contributed by atoms with van der Waals surface area (Å²) in [7, 11) is 0. The highest BCUT2D eigenvalue weighted by Gasteiger charge is 2.39. The quantitative estimate of drug-likeness (QED) is 0.869. The molecular weight excluding hydrogens is 292 g/mol. The van der Waals surface area contributed by atoms with Crippen molar-refractivity contribution in [3.63, 3.8) is 0 Å². The number of hydrogen-bond donors (Lipinski definition) is 1. The molecule has 5 nitrogen and oxygen atoms in total. The summed E-state index contributed by atoms with van der Waals surface area (Å²) < 4.78 is 5.22. The minimum absolute atomic E-state index is 0.0868. The average Bonchev–Trinajstić information content (AvgIpc) is 2.54. The molecule has 5 heteroatoms. The third kappa shape index (κ3) is 2.79. The number of pyridine rings is 1. The molecule has 1 aromatic rings. The van der Waals surface area contributed by atoms with E-state index in [9.17, 15) is 9.59 Å². The fraction of sp³-hybridized carbons (Fsp3) is 0.389. The molecule has 0 amide bonds. The van der Waals surface area contributed by atoms with Crippen LogP contribution in [0.3, 0.4) is 0 Å². The van der Waals surface area contributed by atoms with Gasteiger partial charge in [-0.2, -0.15) is 0 Å². The number of hydrogen-bond acceptors (Lipinski definition) is 5. The zero-order chi connectivity index (χ0) is 16.4. The number of aromatic nitrogens is 1. The monoisotopic (exact) mass is 312 g/mol. The van der Waals surface area contributed by atoms with Gasteiger partial charge in [0, 0.05) is 29.6 Å². The van der Waals surface area contributed by atoms with Gasteiger partial charge in [0.2, 0.25) is 0 Å². The van der Waals surface area contributed by atoms with Crippen molar-refractivity contribution in [1.82, 2.24) is 10.3 Å². The maximum absolute atomic E-state index is 12.5. The average molecular weight is 312 g/mol. The predicted octanol–water partition coefficient (Wildman–Crippen LogP) is 2.61. The Morgan fingerprint density at radius 1 is 1.39 bits per heavy atom. The predicted molar refractivity (Wildman–Crippen MR) is 85.3 cm³/mol. The van der Waals surface area contributed by atoms with Crippen LogP contribution in [0.25, 0.3) is 0 Å². The molecule has 2 aliphatic rings. The highest BCUT2D eigenvalue weighted by molar-refractivity contribution is 6.03. The Balaban J connectivity index is 2.15. The second-order valence-corrected chi connectivity index (χ2v) is 5.74. The van der Waals surface area contributed by atoms with Crippen LogP contribution in [0.1, 0.15) is 44.7 Å². The van der Waals surface area contributed by atoms with E-state index in [1.165, 1.54) is 0 Å². The molecule has 1 aliphatic carbocycles. The molecule has 1 aliphatic heterocycles. The van der Waals surface area contributed by atoms with Gasteiger partial charge in [-0.3, -0.25) is 9.78 Å². The number of nitrogens with zero attached hydrogens (tertiary/aromatic N) is 1. The number of nitrogens with one attached hydrogen (secondary N) is 1. The lowest BCUT2D eigenvalue weighted by Crippen LogP contribution is -2.34. The van der Waals surface area contributed by atoms with E-state index in [0.717, 1.165) is 24.2 Å². The Morgan fingerprint density at radius 2 is 2.22 bits per heavy atom. The van der Waals surface area contributed by atoms with Crippen molar-refractivity contribution in [2.75, 3.05) is 6.61 Å². The fourth-order valence-electron chi connectivity index (χ4n) is 3.31. The van der Waals surface area contributed by atoms with Gasteiger partial charge < -0.3 is 10.1 Å². The van der Waals surface area contributed by atoms with Crippen LogP contribution in [0.2, 0.25) is 0 Å². The zero-order valence-electron chi connectivity index (χ0n) is 13.4. The Kier molecular flexibility index (Phi) is 4.28. The van der Waals surface area contributed by atoms with E-state index in [2.05, 4.69) is 10.3 Å². The number of carbonyl (C=O) groups is 2. The summed E-state index contributed by atoms with van der Waals surface area (Å²) in [5, 5.41) is 3.25. The minimum Gasteiger partial charge on any atom is -0.463 e. The van der Waals surface area contributed by atoms with Gasteiger partial charge in [-0.1, -0.05) is 6.07 Å². The van der Waals surface area contributed by atoms with E-state index in [1.54, 1.807) is 13.1 Å². The summed E-state index contributed by atoms with van der Waals surface area (Å²) in [6, 6.07) is 5.55. The van der Waals surface area contributed by atoms with Crippen molar-refractivity contribution in [2.45, 2.75) is 39.0 Å². The highest BCUT2D eigenvalue weighted by Crippen LogP contribution is 2.41. The topological polar surface area (TPSA) is 68.3 Å². The Bertz CT molecular complexity index is 704. The molecule has 1 atom stereocenters. The number of dihydropyridines is 1. The normalized spacial score (nSPS) is 21.0. The molecule has 0 saturated carbocycles. The minimum atomic E-state index is -0.445. The van der Waals surface area contributed by atoms with Crippen LogP contribution in [0, 0.1) is 0 Å². The molecule has 0 bridgehead atoms. The number of rotatable bonds is 3. The SMILES string of the molecule is CCOC(=O)C1=C(C)NC2=C(C(=O)CCC2)[C@@H]1c1ccccn1. The number of carbonyl (C=O) groups excluding carboxylic acids is 2. The molecule has 3 rings (SSSR count). The first-order valence-corrected chi connectivity index (χ1v) is 7.95. The van der Waals surface area contributed by atoms with Crippen LogP contribution in [-0.4, -0.2) is 23.3 Å². The number of ether oxygens (including phenoxy) is 1. The van der Waals surface area contributed by atoms with Crippen LogP contribution in [-0.2, 0) is 14.3 Å². The van der Waals surface area contributed by atoms with E-state index in [4.69, 9.17) is 4.74 Å². The smallest absolute Gasteiger partial charge is 0.336 e. The molecule has 2 heterocycles. The molecule has 1 aromatic heterocycles. The zero-order valence-corrected chi connectivity index (χ0v) is 13.4. The van der Waals surface area contributed by atoms with Gasteiger partial charge in [-0.15, -0.1) is 0 Å². The second kappa shape index (κ2) is 6.36. The van der Waals surface area contributed by atoms with Crippen molar-refractivity contribution in [3.05, 3.63) is 52.6 Å². The van der Waals surface area contributed by atoms with Crippen LogP contribution in [0.15, 0.2) is 46.9 Å². The highest BCUT2D eigenvalue weighted by atomic mass is 16.5. The van der Waals surface area contributed by atoms with Crippen LogP contribution >= 0.6 is 0 Å². The lowest BCUT2D eigenvalue weighted by molar-refractivity contribution is -0.138. The lowest BCUT2D eigenvalue weighted by Gasteiger charge is -2.33. The molecule has 0 fully saturated rings. The molecule has 23 heavy (non-hydrogen) atoms. The summed E-state index contributed by atoms with van der Waals surface area (Å²) >= 11 is 0. The lowest BCUT2D eigenvalue weighted by atomic mass is 9.77. The first-order chi connectivity index (χ1) is 11.1. The van der Waals surface area contributed by atoms with Crippen molar-refractivity contribution >= 4 is 11.8 Å². The van der Waals surface area contributed by atoms with Gasteiger partial charge >= 0.3 is 5.97 Å². The summed E-state index contributed by atoms with van der Waals surface area (Å²) in [6.07, 6.45) is 3.85. The molecule has 0 saturated heterocycles. The van der Waals surface area contributed by atoms with Crippen molar-refractivity contribution in [3.8, 4) is 0 Å². The molecule has 120 valence electrons. The number of allylic oxidation sites excluding steroid dienone is 3. The third-order valence-corrected chi connectivity index (χ3v) is 4.25. The van der Waals surface area contributed by atoms with Crippen LogP contribution in [0.4, 0.5) is 0 Å². The Morgan fingerprint density at radius 3 is 2.91 bits per heavy atom. The summed E-state index contributed by atoms with van der Waals surface area (Å²) in [4.78, 5) is 29.4. The summed E-state index contributed by atoms with van der Waals surface area (Å²) in [6.45, 7) is 3.92. The first kappa shape index (κ1) is 15.5. The maximum atomic E-state index is 12.5. The van der Waals surface area contributed by atoms with Gasteiger partial charge in [-0.25, -0.2) is 4.79 Å². The first-order valence-electron chi connectivity index (χ1n) is 7.95. The van der Waals surface area contributed by atoms with Crippen LogP contribution in [0.5, 0.6) is 0 Å². The maximum Gasteiger partial charge on any atom is 0.336 e. The van der Waals surface area contributed by atoms with E-state index in [1.807, 2.05) is 25.1 Å². The number of ketones is 1. The number of Topliss-reactive ketones (excluding diaryl/α,β-unsaturated/α-hetero) is 1. The van der Waals surface area contributed by atoms with Gasteiger partial charge in [0.1, 0.15) is 0 Å². The summed E-state index contributed by atoms with van der Waals surface area (Å²) in [5.41, 5.74) is 3.53. The molecule has 0 spiro atoms. The van der Waals surface area contributed by atoms with Crippen LogP contribution < -0.4 is 5.32 Å². The Hall–Kier alpha value is -2.43. The molecule has 0 radical (unpaired) electrons. The largest absolute Gasteiger partial charge is 0.463 e. The third-order valence-electron chi connectivity index (χ3n) is 4.25. The molecule has 1 N–H and O–H groups in total. The number of esters is 1. The van der Waals surface area contributed by atoms with E-state index < -0.39 is 11.9 Å². The van der Waals surface area contributed by atoms with Crippen molar-refractivity contribution in [1.29, 1.82) is 0 Å². The van der Waals surface area contributed by atoms with E-state index in [0.29, 0.717) is 29.9 Å². The molecule has 0 aromatic carbocycles. The summed E-state index contributed by atoms with van der Waals surface area (Å²) in [5.74, 6) is -0.749. The fourth-order valence-corrected chi connectivity index (χ4v) is 3.31.